The molecule has 108 valence electrons. The second-order valence-electron chi connectivity index (χ2n) is 7.34. The zero-order chi connectivity index (χ0) is 14.3. The van der Waals surface area contributed by atoms with Crippen LogP contribution < -0.4 is 5.32 Å². The van der Waals surface area contributed by atoms with Gasteiger partial charge in [-0.1, -0.05) is 34.3 Å². The molecule has 0 aliphatic heterocycles. The summed E-state index contributed by atoms with van der Waals surface area (Å²) in [5.41, 5.74) is 1.45. The van der Waals surface area contributed by atoms with Gasteiger partial charge in [-0.05, 0) is 38.2 Å². The molecular formula is C16H34N2. The molecule has 0 unspecified atom stereocenters. The molecular weight excluding hydrogens is 220 g/mol. The summed E-state index contributed by atoms with van der Waals surface area (Å²) in [5, 5.41) is 3.51. The topological polar surface area (TPSA) is 15.3 Å². The summed E-state index contributed by atoms with van der Waals surface area (Å²) in [7, 11) is 0. The van der Waals surface area contributed by atoms with Gasteiger partial charge in [0.1, 0.15) is 0 Å². The van der Waals surface area contributed by atoms with Crippen LogP contribution in [0.5, 0.6) is 0 Å². The van der Waals surface area contributed by atoms with Crippen molar-refractivity contribution in [2.24, 2.45) is 11.8 Å². The van der Waals surface area contributed by atoms with Crippen molar-refractivity contribution in [2.45, 2.75) is 54.0 Å². The van der Waals surface area contributed by atoms with Crippen molar-refractivity contribution in [3.05, 3.63) is 12.2 Å². The highest BCUT2D eigenvalue weighted by Gasteiger charge is 2.13. The molecule has 0 bridgehead atoms. The summed E-state index contributed by atoms with van der Waals surface area (Å²) >= 11 is 0. The number of nitrogens with zero attached hydrogens (tertiary/aromatic N) is 1. The average Bonchev–Trinajstić information content (AvgIpc) is 2.11. The lowest BCUT2D eigenvalue weighted by Gasteiger charge is -2.28. The highest BCUT2D eigenvalue weighted by Crippen LogP contribution is 2.07. The molecule has 1 N–H and O–H groups in total. The summed E-state index contributed by atoms with van der Waals surface area (Å²) in [5.74, 6) is 1.43. The van der Waals surface area contributed by atoms with Gasteiger partial charge < -0.3 is 5.32 Å². The minimum atomic E-state index is 0.171. The van der Waals surface area contributed by atoms with E-state index in [1.807, 2.05) is 0 Å². The molecule has 18 heavy (non-hydrogen) atoms. The number of nitrogens with one attached hydrogen (secondary N) is 1. The first kappa shape index (κ1) is 17.7. The molecule has 0 amide bonds. The molecule has 0 atom stereocenters. The highest BCUT2D eigenvalue weighted by molar-refractivity contribution is 5.01. The van der Waals surface area contributed by atoms with Gasteiger partial charge in [0, 0.05) is 31.7 Å². The minimum absolute atomic E-state index is 0.171. The van der Waals surface area contributed by atoms with Gasteiger partial charge in [0.15, 0.2) is 0 Å². The third-order valence-electron chi connectivity index (χ3n) is 2.56. The molecule has 2 nitrogen and oxygen atoms in total. The normalized spacial score (nSPS) is 12.8. The molecule has 0 saturated heterocycles. The van der Waals surface area contributed by atoms with Crippen LogP contribution in [0.25, 0.3) is 0 Å². The largest absolute Gasteiger partial charge is 0.308 e. The highest BCUT2D eigenvalue weighted by atomic mass is 15.1. The van der Waals surface area contributed by atoms with Crippen LogP contribution in [0.15, 0.2) is 12.2 Å². The van der Waals surface area contributed by atoms with Gasteiger partial charge in [-0.25, -0.2) is 0 Å². The molecule has 0 aliphatic rings. The molecule has 0 aromatic rings. The van der Waals surface area contributed by atoms with Crippen molar-refractivity contribution >= 4 is 0 Å². The molecule has 0 aromatic carbocycles. The second kappa shape index (κ2) is 7.96. The van der Waals surface area contributed by atoms with Crippen molar-refractivity contribution < 1.29 is 0 Å². The summed E-state index contributed by atoms with van der Waals surface area (Å²) < 4.78 is 0. The fourth-order valence-electron chi connectivity index (χ4n) is 2.00. The van der Waals surface area contributed by atoms with E-state index in [1.165, 1.54) is 5.57 Å². The Hall–Kier alpha value is -0.340. The predicted molar refractivity (Wildman–Crippen MR) is 83.0 cm³/mol. The number of rotatable bonds is 8. The van der Waals surface area contributed by atoms with E-state index >= 15 is 0 Å². The maximum absolute atomic E-state index is 4.21. The van der Waals surface area contributed by atoms with Crippen LogP contribution >= 0.6 is 0 Å². The maximum Gasteiger partial charge on any atom is 0.0203 e. The third-order valence-corrected chi connectivity index (χ3v) is 2.56. The van der Waals surface area contributed by atoms with Crippen molar-refractivity contribution in [3.63, 3.8) is 0 Å². The van der Waals surface area contributed by atoms with Crippen LogP contribution in [0.4, 0.5) is 0 Å². The molecule has 0 radical (unpaired) electrons. The Morgan fingerprint density at radius 3 is 1.83 bits per heavy atom. The standard InChI is InChI=1S/C16H34N2/c1-13(2)10-18(11-14(3)4)12-15(5)9-17-16(6,7)8/h13-14,17H,5,9-12H2,1-4,6-8H3. The minimum Gasteiger partial charge on any atom is -0.308 e. The van der Waals surface area contributed by atoms with E-state index in [0.717, 1.165) is 26.2 Å². The second-order valence-corrected chi connectivity index (χ2v) is 7.34. The maximum atomic E-state index is 4.21. The Labute approximate surface area is 115 Å². The van der Waals surface area contributed by atoms with E-state index in [2.05, 4.69) is 65.3 Å². The smallest absolute Gasteiger partial charge is 0.0203 e. The Morgan fingerprint density at radius 2 is 1.50 bits per heavy atom. The fraction of sp³-hybridized carbons (Fsp3) is 0.875. The first-order chi connectivity index (χ1) is 8.10. The van der Waals surface area contributed by atoms with Crippen LogP contribution in [0.1, 0.15) is 48.5 Å². The van der Waals surface area contributed by atoms with Crippen LogP contribution in [0, 0.1) is 11.8 Å². The van der Waals surface area contributed by atoms with Crippen LogP contribution in [-0.4, -0.2) is 36.6 Å². The average molecular weight is 254 g/mol. The number of hydrogen-bond donors (Lipinski definition) is 1. The van der Waals surface area contributed by atoms with Crippen molar-refractivity contribution in [1.82, 2.24) is 10.2 Å². The van der Waals surface area contributed by atoms with Crippen molar-refractivity contribution in [2.75, 3.05) is 26.2 Å². The molecule has 0 spiro atoms. The quantitative estimate of drug-likeness (QED) is 0.667. The third kappa shape index (κ3) is 10.8. The summed E-state index contributed by atoms with van der Waals surface area (Å²) in [4.78, 5) is 2.53. The van der Waals surface area contributed by atoms with Crippen molar-refractivity contribution in [3.8, 4) is 0 Å². The van der Waals surface area contributed by atoms with Gasteiger partial charge in [-0.2, -0.15) is 0 Å². The van der Waals surface area contributed by atoms with Gasteiger partial charge in [-0.3, -0.25) is 4.90 Å². The van der Waals surface area contributed by atoms with Gasteiger partial charge in [0.2, 0.25) is 0 Å². The first-order valence-corrected chi connectivity index (χ1v) is 7.24. The predicted octanol–water partition coefficient (Wildman–Crippen LogP) is 3.54. The van der Waals surface area contributed by atoms with E-state index in [-0.39, 0.29) is 5.54 Å². The lowest BCUT2D eigenvalue weighted by atomic mass is 10.1. The van der Waals surface area contributed by atoms with E-state index in [0.29, 0.717) is 11.8 Å². The lowest BCUT2D eigenvalue weighted by molar-refractivity contribution is 0.234. The lowest BCUT2D eigenvalue weighted by Crippen LogP contribution is -2.40. The first-order valence-electron chi connectivity index (χ1n) is 7.24. The number of hydrogen-bond acceptors (Lipinski definition) is 2. The molecule has 0 saturated carbocycles. The molecule has 0 aromatic heterocycles. The van der Waals surface area contributed by atoms with Crippen LogP contribution in [0.2, 0.25) is 0 Å². The van der Waals surface area contributed by atoms with E-state index < -0.39 is 0 Å². The zero-order valence-electron chi connectivity index (χ0n) is 13.6. The Kier molecular flexibility index (Phi) is 7.81. The van der Waals surface area contributed by atoms with Crippen LogP contribution in [0.3, 0.4) is 0 Å². The van der Waals surface area contributed by atoms with Gasteiger partial charge in [0.05, 0.1) is 0 Å². The molecule has 0 aliphatic carbocycles. The Bertz CT molecular complexity index is 226. The molecule has 0 rings (SSSR count). The van der Waals surface area contributed by atoms with Crippen molar-refractivity contribution in [1.29, 1.82) is 0 Å². The van der Waals surface area contributed by atoms with Gasteiger partial charge in [0.25, 0.3) is 0 Å². The SMILES string of the molecule is C=C(CNC(C)(C)C)CN(CC(C)C)CC(C)C. The van der Waals surface area contributed by atoms with Gasteiger partial charge in [-0.15, -0.1) is 0 Å². The Balaban J connectivity index is 4.17. The van der Waals surface area contributed by atoms with Gasteiger partial charge >= 0.3 is 0 Å². The molecule has 0 heterocycles. The molecule has 0 fully saturated rings. The summed E-state index contributed by atoms with van der Waals surface area (Å²) in [6.45, 7) is 24.2. The van der Waals surface area contributed by atoms with E-state index in [9.17, 15) is 0 Å². The van der Waals surface area contributed by atoms with E-state index in [1.54, 1.807) is 0 Å². The van der Waals surface area contributed by atoms with E-state index in [4.69, 9.17) is 0 Å². The zero-order valence-corrected chi connectivity index (χ0v) is 13.6. The summed E-state index contributed by atoms with van der Waals surface area (Å²) in [6, 6.07) is 0. The summed E-state index contributed by atoms with van der Waals surface area (Å²) in [6.07, 6.45) is 0. The Morgan fingerprint density at radius 1 is 1.06 bits per heavy atom. The fourth-order valence-corrected chi connectivity index (χ4v) is 2.00. The molecule has 2 heteroatoms. The van der Waals surface area contributed by atoms with Crippen LogP contribution in [-0.2, 0) is 0 Å². The monoisotopic (exact) mass is 254 g/mol.